The highest BCUT2D eigenvalue weighted by Crippen LogP contribution is 2.33. The third-order valence-electron chi connectivity index (χ3n) is 6.04. The monoisotopic (exact) mass is 501 g/mol. The molecule has 1 aromatic carbocycles. The van der Waals surface area contributed by atoms with Crippen LogP contribution in [0.3, 0.4) is 0 Å². The number of aromatic nitrogens is 3. The molecule has 0 bridgehead atoms. The highest BCUT2D eigenvalue weighted by Gasteiger charge is 2.40. The van der Waals surface area contributed by atoms with E-state index in [2.05, 4.69) is 15.6 Å². The van der Waals surface area contributed by atoms with Gasteiger partial charge in [-0.3, -0.25) is 19.7 Å². The van der Waals surface area contributed by atoms with Crippen LogP contribution >= 0.6 is 0 Å². The summed E-state index contributed by atoms with van der Waals surface area (Å²) in [6.07, 6.45) is 2.35. The minimum atomic E-state index is -0.657. The number of methoxy groups -OCH3 is 1. The van der Waals surface area contributed by atoms with E-state index in [4.69, 9.17) is 18.9 Å². The number of nitrogens with zero attached hydrogens (tertiary/aromatic N) is 4. The molecule has 2 aromatic rings. The van der Waals surface area contributed by atoms with Gasteiger partial charge >= 0.3 is 0 Å². The summed E-state index contributed by atoms with van der Waals surface area (Å²) in [5.74, 6) is -0.954. The summed E-state index contributed by atoms with van der Waals surface area (Å²) in [6, 6.07) is 4.78. The molecule has 1 saturated heterocycles. The number of carbonyl (C=O) groups is 3. The van der Waals surface area contributed by atoms with Crippen molar-refractivity contribution in [2.24, 2.45) is 0 Å². The Morgan fingerprint density at radius 3 is 2.39 bits per heavy atom. The molecule has 4 rings (SSSR count). The molecule has 0 aliphatic carbocycles. The van der Waals surface area contributed by atoms with Crippen LogP contribution in [0.4, 0.5) is 0 Å². The van der Waals surface area contributed by atoms with Crippen molar-refractivity contribution in [3.63, 3.8) is 0 Å². The fourth-order valence-electron chi connectivity index (χ4n) is 4.20. The van der Waals surface area contributed by atoms with Gasteiger partial charge in [0.05, 0.1) is 59.0 Å². The predicted octanol–water partition coefficient (Wildman–Crippen LogP) is 0.402. The van der Waals surface area contributed by atoms with E-state index in [9.17, 15) is 14.4 Å². The minimum absolute atomic E-state index is 0.217. The van der Waals surface area contributed by atoms with Crippen LogP contribution < -0.4 is 5.32 Å². The second-order valence-electron chi connectivity index (χ2n) is 8.43. The number of fused-ring (bicyclic) bond motifs is 1. The number of hydrogen-bond acceptors (Lipinski definition) is 9. The molecule has 1 atom stereocenters. The Hall–Kier alpha value is -3.19. The Morgan fingerprint density at radius 2 is 1.67 bits per heavy atom. The van der Waals surface area contributed by atoms with Crippen molar-refractivity contribution in [2.45, 2.75) is 32.0 Å². The molecule has 3 heterocycles. The zero-order chi connectivity index (χ0) is 25.3. The average Bonchev–Trinajstić information content (AvgIpc) is 3.47. The zero-order valence-corrected chi connectivity index (χ0v) is 20.3. The van der Waals surface area contributed by atoms with E-state index >= 15 is 0 Å². The van der Waals surface area contributed by atoms with Crippen molar-refractivity contribution in [3.05, 3.63) is 35.5 Å². The number of piperidine rings is 1. The number of nitrogens with one attached hydrogen (secondary N) is 1. The lowest BCUT2D eigenvalue weighted by Gasteiger charge is -2.29. The smallest absolute Gasteiger partial charge is 0.255 e. The van der Waals surface area contributed by atoms with Crippen molar-refractivity contribution in [1.29, 1.82) is 0 Å². The molecule has 0 radical (unpaired) electrons. The molecule has 1 fully saturated rings. The zero-order valence-electron chi connectivity index (χ0n) is 20.3. The molecule has 1 N–H and O–H groups in total. The Labute approximate surface area is 208 Å². The number of benzene rings is 1. The molecule has 1 unspecified atom stereocenters. The van der Waals surface area contributed by atoms with Gasteiger partial charge in [0.25, 0.3) is 5.91 Å². The van der Waals surface area contributed by atoms with Crippen LogP contribution in [-0.4, -0.2) is 97.0 Å². The number of amides is 3. The van der Waals surface area contributed by atoms with Crippen LogP contribution in [0.25, 0.3) is 11.3 Å². The number of carbonyl (C=O) groups excluding carboxylic acids is 3. The molecule has 36 heavy (non-hydrogen) atoms. The summed E-state index contributed by atoms with van der Waals surface area (Å²) >= 11 is 0. The molecule has 0 saturated carbocycles. The van der Waals surface area contributed by atoms with E-state index in [-0.39, 0.29) is 24.8 Å². The second kappa shape index (κ2) is 12.7. The van der Waals surface area contributed by atoms with Crippen molar-refractivity contribution < 1.29 is 33.3 Å². The van der Waals surface area contributed by atoms with Crippen molar-refractivity contribution in [3.8, 4) is 11.3 Å². The maximum Gasteiger partial charge on any atom is 0.255 e. The second-order valence-corrected chi connectivity index (χ2v) is 8.43. The maximum absolute atomic E-state index is 13.0. The Kier molecular flexibility index (Phi) is 9.11. The molecule has 194 valence electrons. The van der Waals surface area contributed by atoms with E-state index in [1.54, 1.807) is 23.9 Å². The van der Waals surface area contributed by atoms with Gasteiger partial charge in [0.2, 0.25) is 11.8 Å². The predicted molar refractivity (Wildman–Crippen MR) is 126 cm³/mol. The standard InChI is InChI=1S/C24H31N5O7/c1-33-9-10-35-13-14-36-12-11-34-8-7-28-16-20(26-27-28)17-3-2-4-18-19(17)15-29(24(18)32)21-5-6-22(30)25-23(21)31/h2-4,16,21H,5-15H2,1H3,(H,25,30,31). The van der Waals surface area contributed by atoms with Crippen LogP contribution in [0.2, 0.25) is 0 Å². The van der Waals surface area contributed by atoms with Gasteiger partial charge in [-0.1, -0.05) is 17.3 Å². The van der Waals surface area contributed by atoms with Crippen LogP contribution in [-0.2, 0) is 41.6 Å². The first-order chi connectivity index (χ1) is 17.6. The number of rotatable bonds is 14. The molecule has 12 nitrogen and oxygen atoms in total. The number of ether oxygens (including phenoxy) is 4. The number of imide groups is 1. The highest BCUT2D eigenvalue weighted by atomic mass is 16.6. The van der Waals surface area contributed by atoms with E-state index in [0.717, 1.165) is 11.1 Å². The lowest BCUT2D eigenvalue weighted by atomic mass is 10.0. The summed E-state index contributed by atoms with van der Waals surface area (Å²) in [7, 11) is 1.63. The first kappa shape index (κ1) is 25.9. The van der Waals surface area contributed by atoms with Gasteiger partial charge in [-0.25, -0.2) is 4.68 Å². The van der Waals surface area contributed by atoms with Crippen molar-refractivity contribution in [1.82, 2.24) is 25.2 Å². The summed E-state index contributed by atoms with van der Waals surface area (Å²) in [5, 5.41) is 10.8. The molecule has 0 spiro atoms. The fourth-order valence-corrected chi connectivity index (χ4v) is 4.20. The largest absolute Gasteiger partial charge is 0.382 e. The van der Waals surface area contributed by atoms with Gasteiger partial charge in [-0.15, -0.1) is 5.10 Å². The molecule has 12 heteroatoms. The van der Waals surface area contributed by atoms with Crippen LogP contribution in [0.15, 0.2) is 24.4 Å². The Balaban J connectivity index is 1.25. The first-order valence-electron chi connectivity index (χ1n) is 12.0. The molecule has 2 aliphatic rings. The molecular formula is C24H31N5O7. The van der Waals surface area contributed by atoms with Crippen LogP contribution in [0, 0.1) is 0 Å². The molecular weight excluding hydrogens is 470 g/mol. The average molecular weight is 502 g/mol. The van der Waals surface area contributed by atoms with E-state index in [0.29, 0.717) is 70.5 Å². The molecule has 2 aliphatic heterocycles. The lowest BCUT2D eigenvalue weighted by Crippen LogP contribution is -2.52. The van der Waals surface area contributed by atoms with Gasteiger partial charge in [0.15, 0.2) is 0 Å². The van der Waals surface area contributed by atoms with Gasteiger partial charge in [-0.05, 0) is 18.1 Å². The Bertz CT molecular complexity index is 1070. The van der Waals surface area contributed by atoms with E-state index in [1.807, 2.05) is 12.3 Å². The Morgan fingerprint density at radius 1 is 0.972 bits per heavy atom. The fraction of sp³-hybridized carbons (Fsp3) is 0.542. The topological polar surface area (TPSA) is 134 Å². The molecule has 1 aromatic heterocycles. The summed E-state index contributed by atoms with van der Waals surface area (Å²) in [6.45, 7) is 4.33. The summed E-state index contributed by atoms with van der Waals surface area (Å²) < 4.78 is 22.9. The SMILES string of the molecule is COCCOCCOCCOCCn1cc(-c2cccc3c2CN(C2CCC(=O)NC2=O)C3=O)nn1. The van der Waals surface area contributed by atoms with Crippen molar-refractivity contribution >= 4 is 17.7 Å². The van der Waals surface area contributed by atoms with Gasteiger partial charge in [0, 0.05) is 31.2 Å². The van der Waals surface area contributed by atoms with Gasteiger partial charge in [-0.2, -0.15) is 0 Å². The van der Waals surface area contributed by atoms with E-state index < -0.39 is 11.9 Å². The van der Waals surface area contributed by atoms with Gasteiger partial charge < -0.3 is 23.8 Å². The van der Waals surface area contributed by atoms with Crippen molar-refractivity contribution in [2.75, 3.05) is 53.4 Å². The molecule has 3 amide bonds. The summed E-state index contributed by atoms with van der Waals surface area (Å²) in [4.78, 5) is 38.4. The third-order valence-corrected chi connectivity index (χ3v) is 6.04. The lowest BCUT2D eigenvalue weighted by molar-refractivity contribution is -0.136. The maximum atomic E-state index is 13.0. The third kappa shape index (κ3) is 6.32. The quantitative estimate of drug-likeness (QED) is 0.288. The first-order valence-corrected chi connectivity index (χ1v) is 12.0. The van der Waals surface area contributed by atoms with Gasteiger partial charge in [0.1, 0.15) is 11.7 Å². The minimum Gasteiger partial charge on any atom is -0.382 e. The van der Waals surface area contributed by atoms with E-state index in [1.165, 1.54) is 4.90 Å². The highest BCUT2D eigenvalue weighted by molar-refractivity contribution is 6.06. The van der Waals surface area contributed by atoms with Crippen LogP contribution in [0.1, 0.15) is 28.8 Å². The normalized spacial score (nSPS) is 17.5. The number of hydrogen-bond donors (Lipinski definition) is 1. The summed E-state index contributed by atoms with van der Waals surface area (Å²) in [5.41, 5.74) is 2.78. The van der Waals surface area contributed by atoms with Crippen LogP contribution in [0.5, 0.6) is 0 Å².